The average molecular weight is 207 g/mol. The summed E-state index contributed by atoms with van der Waals surface area (Å²) in [5.41, 5.74) is 11.5. The van der Waals surface area contributed by atoms with E-state index in [1.165, 1.54) is 0 Å². The fourth-order valence-electron chi connectivity index (χ4n) is 1.25. The number of urea groups is 1. The quantitative estimate of drug-likeness (QED) is 0.590. The number of carbonyl (C=O) groups is 2. The van der Waals surface area contributed by atoms with Crippen LogP contribution in [0.15, 0.2) is 18.2 Å². The van der Waals surface area contributed by atoms with Crippen LogP contribution in [0.5, 0.6) is 0 Å². The molecular formula is C10H13N3O2. The van der Waals surface area contributed by atoms with Crippen molar-refractivity contribution in [2.45, 2.75) is 13.8 Å². The molecule has 0 bridgehead atoms. The Morgan fingerprint density at radius 3 is 2.40 bits per heavy atom. The monoisotopic (exact) mass is 207 g/mol. The van der Waals surface area contributed by atoms with Crippen LogP contribution in [-0.4, -0.2) is 11.9 Å². The molecule has 15 heavy (non-hydrogen) atoms. The first kappa shape index (κ1) is 11.0. The number of nitrogens with one attached hydrogen (secondary N) is 2. The maximum Gasteiger partial charge on any atom is 0.330 e. The van der Waals surface area contributed by atoms with Gasteiger partial charge in [-0.1, -0.05) is 17.7 Å². The summed E-state index contributed by atoms with van der Waals surface area (Å²) in [6.45, 7) is 3.77. The lowest BCUT2D eigenvalue weighted by Gasteiger charge is -2.07. The van der Waals surface area contributed by atoms with Crippen molar-refractivity contribution in [3.8, 4) is 0 Å². The van der Waals surface area contributed by atoms with Gasteiger partial charge in [-0.15, -0.1) is 0 Å². The Hall–Kier alpha value is -2.04. The Morgan fingerprint density at radius 1 is 1.20 bits per heavy atom. The summed E-state index contributed by atoms with van der Waals surface area (Å²) < 4.78 is 0. The molecule has 1 aromatic carbocycles. The normalized spacial score (nSPS) is 9.47. The first-order chi connectivity index (χ1) is 7.00. The van der Waals surface area contributed by atoms with E-state index in [1.54, 1.807) is 6.07 Å². The number of hydrazine groups is 1. The van der Waals surface area contributed by atoms with E-state index in [0.29, 0.717) is 5.56 Å². The second kappa shape index (κ2) is 4.45. The summed E-state index contributed by atoms with van der Waals surface area (Å²) in [4.78, 5) is 21.9. The van der Waals surface area contributed by atoms with E-state index in [1.807, 2.05) is 31.4 Å². The molecule has 0 atom stereocenters. The Kier molecular flexibility index (Phi) is 3.28. The molecule has 0 aliphatic carbocycles. The third-order valence-electron chi connectivity index (χ3n) is 1.93. The van der Waals surface area contributed by atoms with Crippen molar-refractivity contribution in [3.05, 3.63) is 34.9 Å². The third-order valence-corrected chi connectivity index (χ3v) is 1.93. The predicted molar refractivity (Wildman–Crippen MR) is 56.1 cm³/mol. The van der Waals surface area contributed by atoms with Crippen LogP contribution in [0.25, 0.3) is 0 Å². The molecule has 0 heterocycles. The predicted octanol–water partition coefficient (Wildman–Crippen LogP) is 0.617. The number of aryl methyl sites for hydroxylation is 2. The summed E-state index contributed by atoms with van der Waals surface area (Å²) in [6.07, 6.45) is 0. The molecule has 4 N–H and O–H groups in total. The minimum atomic E-state index is -0.798. The molecule has 0 saturated carbocycles. The summed E-state index contributed by atoms with van der Waals surface area (Å²) in [5.74, 6) is -0.383. The third kappa shape index (κ3) is 2.98. The van der Waals surface area contributed by atoms with E-state index in [9.17, 15) is 9.59 Å². The Morgan fingerprint density at radius 2 is 1.87 bits per heavy atom. The number of carbonyl (C=O) groups excluding carboxylic acids is 2. The van der Waals surface area contributed by atoms with Crippen molar-refractivity contribution in [2.24, 2.45) is 5.73 Å². The largest absolute Gasteiger partial charge is 0.350 e. The number of hydrogen-bond donors (Lipinski definition) is 3. The van der Waals surface area contributed by atoms with E-state index < -0.39 is 6.03 Å². The number of benzene rings is 1. The fourth-order valence-corrected chi connectivity index (χ4v) is 1.25. The van der Waals surface area contributed by atoms with Gasteiger partial charge in [-0.05, 0) is 25.5 Å². The van der Waals surface area contributed by atoms with Crippen molar-refractivity contribution in [1.82, 2.24) is 10.9 Å². The lowest BCUT2D eigenvalue weighted by atomic mass is 10.1. The van der Waals surface area contributed by atoms with E-state index >= 15 is 0 Å². The highest BCUT2D eigenvalue weighted by atomic mass is 16.2. The van der Waals surface area contributed by atoms with Crippen molar-refractivity contribution in [1.29, 1.82) is 0 Å². The molecule has 0 aromatic heterocycles. The lowest BCUT2D eigenvalue weighted by Crippen LogP contribution is -2.44. The maximum atomic E-state index is 11.5. The number of hydrogen-bond acceptors (Lipinski definition) is 2. The maximum absolute atomic E-state index is 11.5. The minimum Gasteiger partial charge on any atom is -0.350 e. The van der Waals surface area contributed by atoms with Crippen LogP contribution in [0, 0.1) is 13.8 Å². The highest BCUT2D eigenvalue weighted by Crippen LogP contribution is 2.09. The molecule has 3 amide bonds. The molecule has 5 nitrogen and oxygen atoms in total. The average Bonchev–Trinajstić information content (AvgIpc) is 2.14. The molecule has 1 rings (SSSR count). The van der Waals surface area contributed by atoms with Crippen LogP contribution in [0.4, 0.5) is 4.79 Å². The van der Waals surface area contributed by atoms with E-state index in [0.717, 1.165) is 11.1 Å². The number of nitrogens with two attached hydrogens (primary N) is 1. The number of rotatable bonds is 1. The molecule has 0 aliphatic heterocycles. The SMILES string of the molecule is Cc1ccc(C(=O)NNC(N)=O)c(C)c1. The topological polar surface area (TPSA) is 84.2 Å². The van der Waals surface area contributed by atoms with Crippen LogP contribution in [0.3, 0.4) is 0 Å². The number of amides is 3. The first-order valence-electron chi connectivity index (χ1n) is 4.43. The van der Waals surface area contributed by atoms with Crippen molar-refractivity contribution in [2.75, 3.05) is 0 Å². The summed E-state index contributed by atoms with van der Waals surface area (Å²) in [7, 11) is 0. The van der Waals surface area contributed by atoms with Crippen molar-refractivity contribution < 1.29 is 9.59 Å². The molecule has 0 aliphatic rings. The van der Waals surface area contributed by atoms with Crippen LogP contribution in [0.2, 0.25) is 0 Å². The zero-order chi connectivity index (χ0) is 11.4. The van der Waals surface area contributed by atoms with Gasteiger partial charge >= 0.3 is 6.03 Å². The molecule has 0 radical (unpaired) electrons. The molecular weight excluding hydrogens is 194 g/mol. The fraction of sp³-hybridized carbons (Fsp3) is 0.200. The van der Waals surface area contributed by atoms with Gasteiger partial charge in [0.15, 0.2) is 0 Å². The molecule has 80 valence electrons. The van der Waals surface area contributed by atoms with Crippen LogP contribution < -0.4 is 16.6 Å². The second-order valence-corrected chi connectivity index (χ2v) is 3.26. The molecule has 0 fully saturated rings. The Bertz CT molecular complexity index is 402. The van der Waals surface area contributed by atoms with Gasteiger partial charge in [0.2, 0.25) is 0 Å². The van der Waals surface area contributed by atoms with Gasteiger partial charge in [0, 0.05) is 5.56 Å². The molecule has 0 spiro atoms. The summed E-state index contributed by atoms with van der Waals surface area (Å²) in [6, 6.07) is 4.61. The van der Waals surface area contributed by atoms with Crippen LogP contribution in [0.1, 0.15) is 21.5 Å². The minimum absolute atomic E-state index is 0.383. The molecule has 5 heteroatoms. The Labute approximate surface area is 87.6 Å². The van der Waals surface area contributed by atoms with Gasteiger partial charge in [-0.2, -0.15) is 0 Å². The van der Waals surface area contributed by atoms with Crippen LogP contribution >= 0.6 is 0 Å². The van der Waals surface area contributed by atoms with Crippen molar-refractivity contribution in [3.63, 3.8) is 0 Å². The second-order valence-electron chi connectivity index (χ2n) is 3.26. The van der Waals surface area contributed by atoms with E-state index in [-0.39, 0.29) is 5.91 Å². The number of primary amides is 1. The van der Waals surface area contributed by atoms with Gasteiger partial charge in [0.05, 0.1) is 0 Å². The highest BCUT2D eigenvalue weighted by Gasteiger charge is 2.08. The smallest absolute Gasteiger partial charge is 0.330 e. The lowest BCUT2D eigenvalue weighted by molar-refractivity contribution is 0.0936. The highest BCUT2D eigenvalue weighted by molar-refractivity contribution is 5.96. The zero-order valence-electron chi connectivity index (χ0n) is 8.63. The van der Waals surface area contributed by atoms with Gasteiger partial charge in [-0.3, -0.25) is 10.2 Å². The van der Waals surface area contributed by atoms with Gasteiger partial charge < -0.3 is 5.73 Å². The molecule has 1 aromatic rings. The van der Waals surface area contributed by atoms with Gasteiger partial charge in [0.1, 0.15) is 0 Å². The van der Waals surface area contributed by atoms with Gasteiger partial charge in [0.25, 0.3) is 5.91 Å². The van der Waals surface area contributed by atoms with Gasteiger partial charge in [-0.25, -0.2) is 10.2 Å². The molecule has 0 unspecified atom stereocenters. The summed E-state index contributed by atoms with van der Waals surface area (Å²) in [5, 5.41) is 0. The standard InChI is InChI=1S/C10H13N3O2/c1-6-3-4-8(7(2)5-6)9(14)12-13-10(11)15/h3-5H,1-2H3,(H,12,14)(H3,11,13,15). The van der Waals surface area contributed by atoms with Crippen molar-refractivity contribution >= 4 is 11.9 Å². The van der Waals surface area contributed by atoms with E-state index in [2.05, 4.69) is 5.43 Å². The molecule has 0 saturated heterocycles. The van der Waals surface area contributed by atoms with Crippen LogP contribution in [-0.2, 0) is 0 Å². The summed E-state index contributed by atoms with van der Waals surface area (Å²) >= 11 is 0. The Balaban J connectivity index is 2.78. The van der Waals surface area contributed by atoms with E-state index in [4.69, 9.17) is 5.73 Å². The first-order valence-corrected chi connectivity index (χ1v) is 4.43. The zero-order valence-corrected chi connectivity index (χ0v) is 8.63.